The number of carbonyl (C=O) groups is 1. The summed E-state index contributed by atoms with van der Waals surface area (Å²) in [5.74, 6) is -0.257. The Morgan fingerprint density at radius 2 is 1.93 bits per heavy atom. The lowest BCUT2D eigenvalue weighted by molar-refractivity contribution is -0.116. The number of morpholine rings is 1. The molecule has 0 spiro atoms. The number of carbonyl (C=O) groups excluding carboxylic acids is 1. The van der Waals surface area contributed by atoms with Crippen molar-refractivity contribution in [2.24, 2.45) is 0 Å². The number of aromatic nitrogens is 2. The number of fused-ring (bicyclic) bond motifs is 1. The molecular weight excluding hydrogens is 376 g/mol. The fourth-order valence-corrected chi connectivity index (χ4v) is 4.30. The molecule has 1 amide bonds. The normalized spacial score (nSPS) is 14.4. The highest BCUT2D eigenvalue weighted by atomic mass is 32.1. The van der Waals surface area contributed by atoms with Crippen molar-refractivity contribution >= 4 is 38.8 Å². The van der Waals surface area contributed by atoms with Crippen molar-refractivity contribution in [3.63, 3.8) is 0 Å². The largest absolute Gasteiger partial charge is 0.378 e. The SMILES string of the molecule is Cc1sc2ncn(CC(=O)Nc3ccc(N4CCOCC4)cc3)c(=O)c2c1C. The van der Waals surface area contributed by atoms with Gasteiger partial charge in [0, 0.05) is 29.3 Å². The molecule has 1 aliphatic heterocycles. The maximum absolute atomic E-state index is 12.7. The summed E-state index contributed by atoms with van der Waals surface area (Å²) in [5, 5.41) is 3.45. The molecule has 4 rings (SSSR count). The third-order valence-electron chi connectivity index (χ3n) is 5.00. The van der Waals surface area contributed by atoms with E-state index in [1.807, 2.05) is 38.1 Å². The van der Waals surface area contributed by atoms with Crippen LogP contribution in [0.25, 0.3) is 10.2 Å². The first-order valence-electron chi connectivity index (χ1n) is 9.20. The van der Waals surface area contributed by atoms with Gasteiger partial charge in [0.2, 0.25) is 5.91 Å². The first-order valence-corrected chi connectivity index (χ1v) is 10.0. The second-order valence-electron chi connectivity index (χ2n) is 6.84. The predicted octanol–water partition coefficient (Wildman–Crippen LogP) is 2.55. The van der Waals surface area contributed by atoms with Gasteiger partial charge in [-0.3, -0.25) is 14.2 Å². The van der Waals surface area contributed by atoms with Gasteiger partial charge in [-0.05, 0) is 43.7 Å². The molecule has 146 valence electrons. The zero-order valence-corrected chi connectivity index (χ0v) is 16.7. The highest BCUT2D eigenvalue weighted by molar-refractivity contribution is 7.18. The van der Waals surface area contributed by atoms with Crippen LogP contribution in [-0.4, -0.2) is 41.8 Å². The molecule has 1 aliphatic rings. The number of hydrogen-bond acceptors (Lipinski definition) is 6. The van der Waals surface area contributed by atoms with Crippen molar-refractivity contribution in [3.8, 4) is 0 Å². The van der Waals surface area contributed by atoms with E-state index in [4.69, 9.17) is 4.74 Å². The molecule has 2 aromatic heterocycles. The summed E-state index contributed by atoms with van der Waals surface area (Å²) in [7, 11) is 0. The number of hydrogen-bond donors (Lipinski definition) is 1. The molecule has 28 heavy (non-hydrogen) atoms. The van der Waals surface area contributed by atoms with E-state index in [2.05, 4.69) is 15.2 Å². The van der Waals surface area contributed by atoms with E-state index in [9.17, 15) is 9.59 Å². The summed E-state index contributed by atoms with van der Waals surface area (Å²) in [4.78, 5) is 33.5. The summed E-state index contributed by atoms with van der Waals surface area (Å²) in [5.41, 5.74) is 2.57. The van der Waals surface area contributed by atoms with Gasteiger partial charge in [-0.2, -0.15) is 0 Å². The third-order valence-corrected chi connectivity index (χ3v) is 6.11. The lowest BCUT2D eigenvalue weighted by atomic mass is 10.2. The molecule has 0 atom stereocenters. The molecule has 8 heteroatoms. The number of ether oxygens (including phenoxy) is 1. The number of anilines is 2. The van der Waals surface area contributed by atoms with Crippen molar-refractivity contribution in [1.29, 1.82) is 0 Å². The van der Waals surface area contributed by atoms with Crippen molar-refractivity contribution in [1.82, 2.24) is 9.55 Å². The molecule has 0 aliphatic carbocycles. The summed E-state index contributed by atoms with van der Waals surface area (Å²) < 4.78 is 6.73. The monoisotopic (exact) mass is 398 g/mol. The number of nitrogens with one attached hydrogen (secondary N) is 1. The molecule has 0 bridgehead atoms. The van der Waals surface area contributed by atoms with Gasteiger partial charge in [0.1, 0.15) is 11.4 Å². The minimum atomic E-state index is -0.257. The number of thiophene rings is 1. The van der Waals surface area contributed by atoms with Crippen LogP contribution in [-0.2, 0) is 16.1 Å². The van der Waals surface area contributed by atoms with Crippen LogP contribution in [0.4, 0.5) is 11.4 Å². The number of rotatable bonds is 4. The van der Waals surface area contributed by atoms with E-state index in [-0.39, 0.29) is 18.0 Å². The van der Waals surface area contributed by atoms with E-state index in [1.54, 1.807) is 0 Å². The third kappa shape index (κ3) is 3.65. The molecule has 0 saturated carbocycles. The fourth-order valence-electron chi connectivity index (χ4n) is 3.31. The lowest BCUT2D eigenvalue weighted by Crippen LogP contribution is -2.36. The van der Waals surface area contributed by atoms with Crippen LogP contribution in [0, 0.1) is 13.8 Å². The Morgan fingerprint density at radius 3 is 2.64 bits per heavy atom. The van der Waals surface area contributed by atoms with Crippen molar-refractivity contribution in [2.75, 3.05) is 36.5 Å². The molecular formula is C20H22N4O3S. The molecule has 0 unspecified atom stereocenters. The number of benzene rings is 1. The molecule has 0 radical (unpaired) electrons. The van der Waals surface area contributed by atoms with Gasteiger partial charge in [-0.25, -0.2) is 4.98 Å². The van der Waals surface area contributed by atoms with Gasteiger partial charge in [0.05, 0.1) is 24.9 Å². The van der Waals surface area contributed by atoms with Gasteiger partial charge in [-0.1, -0.05) is 0 Å². The lowest BCUT2D eigenvalue weighted by Gasteiger charge is -2.28. The van der Waals surface area contributed by atoms with Crippen LogP contribution < -0.4 is 15.8 Å². The Hall–Kier alpha value is -2.71. The van der Waals surface area contributed by atoms with Gasteiger partial charge >= 0.3 is 0 Å². The predicted molar refractivity (Wildman–Crippen MR) is 111 cm³/mol. The number of amides is 1. The van der Waals surface area contributed by atoms with Gasteiger partial charge < -0.3 is 15.0 Å². The first kappa shape index (κ1) is 18.6. The van der Waals surface area contributed by atoms with Crippen molar-refractivity contribution in [2.45, 2.75) is 20.4 Å². The summed E-state index contributed by atoms with van der Waals surface area (Å²) in [6.45, 7) is 7.01. The van der Waals surface area contributed by atoms with E-state index in [0.29, 0.717) is 11.1 Å². The van der Waals surface area contributed by atoms with Crippen LogP contribution in [0.5, 0.6) is 0 Å². The minimum Gasteiger partial charge on any atom is -0.378 e. The number of nitrogens with zero attached hydrogens (tertiary/aromatic N) is 3. The second kappa shape index (κ2) is 7.73. The van der Waals surface area contributed by atoms with Gasteiger partial charge in [0.25, 0.3) is 5.56 Å². The summed E-state index contributed by atoms with van der Waals surface area (Å²) in [6.07, 6.45) is 1.45. The van der Waals surface area contributed by atoms with Crippen LogP contribution in [0.15, 0.2) is 35.4 Å². The molecule has 1 saturated heterocycles. The first-order chi connectivity index (χ1) is 13.5. The second-order valence-corrected chi connectivity index (χ2v) is 8.04. The maximum Gasteiger partial charge on any atom is 0.262 e. The Morgan fingerprint density at radius 1 is 1.21 bits per heavy atom. The van der Waals surface area contributed by atoms with E-state index >= 15 is 0 Å². The molecule has 3 heterocycles. The minimum absolute atomic E-state index is 0.0681. The van der Waals surface area contributed by atoms with Crippen LogP contribution in [0.3, 0.4) is 0 Å². The Balaban J connectivity index is 1.46. The zero-order chi connectivity index (χ0) is 19.7. The smallest absolute Gasteiger partial charge is 0.262 e. The van der Waals surface area contributed by atoms with Gasteiger partial charge in [0.15, 0.2) is 0 Å². The van der Waals surface area contributed by atoms with E-state index in [0.717, 1.165) is 47.3 Å². The molecule has 3 aromatic rings. The van der Waals surface area contributed by atoms with Crippen molar-refractivity contribution < 1.29 is 9.53 Å². The average Bonchev–Trinajstić information content (AvgIpc) is 3.00. The molecule has 1 fully saturated rings. The molecule has 7 nitrogen and oxygen atoms in total. The van der Waals surface area contributed by atoms with E-state index in [1.165, 1.54) is 22.2 Å². The van der Waals surface area contributed by atoms with Crippen LogP contribution in [0.1, 0.15) is 10.4 Å². The summed E-state index contributed by atoms with van der Waals surface area (Å²) in [6, 6.07) is 7.72. The average molecular weight is 398 g/mol. The highest BCUT2D eigenvalue weighted by Gasteiger charge is 2.14. The van der Waals surface area contributed by atoms with Gasteiger partial charge in [-0.15, -0.1) is 11.3 Å². The Labute approximate surface area is 166 Å². The van der Waals surface area contributed by atoms with Crippen molar-refractivity contribution in [3.05, 3.63) is 51.4 Å². The molecule has 1 aromatic carbocycles. The number of aryl methyl sites for hydroxylation is 2. The van der Waals surface area contributed by atoms with Crippen LogP contribution in [0.2, 0.25) is 0 Å². The van der Waals surface area contributed by atoms with E-state index < -0.39 is 0 Å². The standard InChI is InChI=1S/C20H22N4O3S/c1-13-14(2)28-19-18(13)20(26)24(12-21-19)11-17(25)22-15-3-5-16(6-4-15)23-7-9-27-10-8-23/h3-6,12H,7-11H2,1-2H3,(H,22,25). The fraction of sp³-hybridized carbons (Fsp3) is 0.350. The van der Waals surface area contributed by atoms with Crippen LogP contribution >= 0.6 is 11.3 Å². The zero-order valence-electron chi connectivity index (χ0n) is 15.9. The maximum atomic E-state index is 12.7. The summed E-state index contributed by atoms with van der Waals surface area (Å²) >= 11 is 1.50. The Bertz CT molecular complexity index is 1070. The Kier molecular flexibility index (Phi) is 5.15. The molecule has 1 N–H and O–H groups in total. The topological polar surface area (TPSA) is 76.5 Å². The quantitative estimate of drug-likeness (QED) is 0.731. The highest BCUT2D eigenvalue weighted by Crippen LogP contribution is 2.25.